The summed E-state index contributed by atoms with van der Waals surface area (Å²) in [6.07, 6.45) is 2.65. The molecule has 0 radical (unpaired) electrons. The normalized spacial score (nSPS) is 13.5. The van der Waals surface area contributed by atoms with Gasteiger partial charge in [0.05, 0.1) is 0 Å². The van der Waals surface area contributed by atoms with Gasteiger partial charge in [0.2, 0.25) is 11.8 Å². The van der Waals surface area contributed by atoms with Crippen LogP contribution in [-0.4, -0.2) is 24.3 Å². The van der Waals surface area contributed by atoms with E-state index in [1.54, 1.807) is 18.2 Å². The second kappa shape index (κ2) is 6.88. The van der Waals surface area contributed by atoms with Gasteiger partial charge in [0.15, 0.2) is 0 Å². The maximum absolute atomic E-state index is 11.6. The van der Waals surface area contributed by atoms with Crippen molar-refractivity contribution in [3.63, 3.8) is 0 Å². The van der Waals surface area contributed by atoms with E-state index in [0.717, 1.165) is 12.8 Å². The molecule has 0 unspecified atom stereocenters. The van der Waals surface area contributed by atoms with Gasteiger partial charge in [-0.1, -0.05) is 6.07 Å². The SMILES string of the molecule is NC(=O)c1cccc(OC(=O)CCCNC(=O)C2CC2)c1. The molecule has 0 heterocycles. The molecule has 0 saturated heterocycles. The number of carbonyl (C=O) groups excluding carboxylic acids is 3. The van der Waals surface area contributed by atoms with Crippen molar-refractivity contribution >= 4 is 17.8 Å². The Bertz CT molecular complexity index is 552. The van der Waals surface area contributed by atoms with Crippen molar-refractivity contribution in [3.05, 3.63) is 29.8 Å². The molecule has 0 aromatic heterocycles. The van der Waals surface area contributed by atoms with Crippen LogP contribution in [0.2, 0.25) is 0 Å². The Hall–Kier alpha value is -2.37. The highest BCUT2D eigenvalue weighted by molar-refractivity contribution is 5.93. The average Bonchev–Trinajstić information content (AvgIpc) is 3.28. The maximum Gasteiger partial charge on any atom is 0.311 e. The summed E-state index contributed by atoms with van der Waals surface area (Å²) in [6.45, 7) is 0.464. The lowest BCUT2D eigenvalue weighted by Crippen LogP contribution is -2.26. The first-order valence-corrected chi connectivity index (χ1v) is 6.94. The number of ether oxygens (including phenoxy) is 1. The van der Waals surface area contributed by atoms with E-state index >= 15 is 0 Å². The van der Waals surface area contributed by atoms with Gasteiger partial charge >= 0.3 is 5.97 Å². The quantitative estimate of drug-likeness (QED) is 0.444. The molecule has 6 nitrogen and oxygen atoms in total. The Kier molecular flexibility index (Phi) is 4.92. The first kappa shape index (κ1) is 15.0. The fourth-order valence-corrected chi connectivity index (χ4v) is 1.83. The second-order valence-electron chi connectivity index (χ2n) is 5.04. The summed E-state index contributed by atoms with van der Waals surface area (Å²) in [5.74, 6) is -0.447. The van der Waals surface area contributed by atoms with Crippen molar-refractivity contribution < 1.29 is 19.1 Å². The van der Waals surface area contributed by atoms with E-state index in [0.29, 0.717) is 18.7 Å². The number of esters is 1. The lowest BCUT2D eigenvalue weighted by atomic mass is 10.2. The molecule has 0 bridgehead atoms. The molecule has 21 heavy (non-hydrogen) atoms. The Morgan fingerprint density at radius 1 is 1.29 bits per heavy atom. The van der Waals surface area contributed by atoms with Crippen molar-refractivity contribution in [2.24, 2.45) is 11.7 Å². The molecule has 1 aromatic carbocycles. The maximum atomic E-state index is 11.6. The van der Waals surface area contributed by atoms with Crippen LogP contribution in [0.4, 0.5) is 0 Å². The lowest BCUT2D eigenvalue weighted by Gasteiger charge is -2.06. The van der Waals surface area contributed by atoms with Crippen LogP contribution in [0.15, 0.2) is 24.3 Å². The largest absolute Gasteiger partial charge is 0.427 e. The van der Waals surface area contributed by atoms with Crippen molar-refractivity contribution in [1.29, 1.82) is 0 Å². The number of hydrogen-bond donors (Lipinski definition) is 2. The molecule has 112 valence electrons. The molecule has 1 aliphatic carbocycles. The molecule has 0 aliphatic heterocycles. The number of carbonyl (C=O) groups is 3. The number of nitrogens with two attached hydrogens (primary N) is 1. The van der Waals surface area contributed by atoms with Crippen LogP contribution < -0.4 is 15.8 Å². The summed E-state index contributed by atoms with van der Waals surface area (Å²) in [5, 5.41) is 2.78. The monoisotopic (exact) mass is 290 g/mol. The minimum atomic E-state index is -0.573. The number of primary amides is 1. The zero-order valence-corrected chi connectivity index (χ0v) is 11.6. The third-order valence-corrected chi connectivity index (χ3v) is 3.16. The number of amides is 2. The van der Waals surface area contributed by atoms with Crippen LogP contribution >= 0.6 is 0 Å². The van der Waals surface area contributed by atoms with Gasteiger partial charge in [-0.3, -0.25) is 14.4 Å². The van der Waals surface area contributed by atoms with Crippen molar-refractivity contribution in [1.82, 2.24) is 5.32 Å². The highest BCUT2D eigenvalue weighted by Crippen LogP contribution is 2.28. The van der Waals surface area contributed by atoms with Gasteiger partial charge in [-0.05, 0) is 37.5 Å². The summed E-state index contributed by atoms with van der Waals surface area (Å²) in [7, 11) is 0. The van der Waals surface area contributed by atoms with Crippen molar-refractivity contribution in [2.45, 2.75) is 25.7 Å². The van der Waals surface area contributed by atoms with E-state index < -0.39 is 11.9 Å². The number of rotatable bonds is 7. The molecule has 0 spiro atoms. The minimum absolute atomic E-state index is 0.0672. The molecule has 1 aromatic rings. The summed E-state index contributed by atoms with van der Waals surface area (Å²) in [4.78, 5) is 34.0. The van der Waals surface area contributed by atoms with Gasteiger partial charge in [-0.25, -0.2) is 0 Å². The van der Waals surface area contributed by atoms with E-state index in [-0.39, 0.29) is 23.8 Å². The first-order chi connectivity index (χ1) is 10.1. The fraction of sp³-hybridized carbons (Fsp3) is 0.400. The van der Waals surface area contributed by atoms with Crippen LogP contribution in [0.25, 0.3) is 0 Å². The zero-order valence-electron chi connectivity index (χ0n) is 11.6. The Labute approximate surface area is 122 Å². The highest BCUT2D eigenvalue weighted by atomic mass is 16.5. The standard InChI is InChI=1S/C15H18N2O4/c16-14(19)11-3-1-4-12(9-11)21-13(18)5-2-8-17-15(20)10-6-7-10/h1,3-4,9-10H,2,5-8H2,(H2,16,19)(H,17,20). The second-order valence-corrected chi connectivity index (χ2v) is 5.04. The van der Waals surface area contributed by atoms with Gasteiger partial charge in [0.1, 0.15) is 5.75 Å². The van der Waals surface area contributed by atoms with Crippen LogP contribution in [0.5, 0.6) is 5.75 Å². The Balaban J connectivity index is 1.70. The van der Waals surface area contributed by atoms with Gasteiger partial charge in [-0.15, -0.1) is 0 Å². The highest BCUT2D eigenvalue weighted by Gasteiger charge is 2.28. The number of nitrogens with one attached hydrogen (secondary N) is 1. The third kappa shape index (κ3) is 4.91. The van der Waals surface area contributed by atoms with Crippen molar-refractivity contribution in [3.8, 4) is 5.75 Å². The first-order valence-electron chi connectivity index (χ1n) is 6.94. The van der Waals surface area contributed by atoms with E-state index in [4.69, 9.17) is 10.5 Å². The van der Waals surface area contributed by atoms with Gasteiger partial charge in [0, 0.05) is 24.4 Å². The van der Waals surface area contributed by atoms with Gasteiger partial charge in [0.25, 0.3) is 0 Å². The van der Waals surface area contributed by atoms with Crippen LogP contribution in [0.1, 0.15) is 36.0 Å². The summed E-state index contributed by atoms with van der Waals surface area (Å²) in [6, 6.07) is 6.15. The van der Waals surface area contributed by atoms with E-state index in [9.17, 15) is 14.4 Å². The molecule has 1 fully saturated rings. The van der Waals surface area contributed by atoms with E-state index in [1.807, 2.05) is 0 Å². The molecule has 2 amide bonds. The minimum Gasteiger partial charge on any atom is -0.427 e. The molecule has 1 aliphatic rings. The summed E-state index contributed by atoms with van der Waals surface area (Å²) in [5.41, 5.74) is 5.44. The average molecular weight is 290 g/mol. The van der Waals surface area contributed by atoms with E-state index in [1.165, 1.54) is 6.07 Å². The number of benzene rings is 1. The predicted molar refractivity (Wildman–Crippen MR) is 75.6 cm³/mol. The predicted octanol–water partition coefficient (Wildman–Crippen LogP) is 0.997. The molecule has 3 N–H and O–H groups in total. The van der Waals surface area contributed by atoms with Crippen LogP contribution in [-0.2, 0) is 9.59 Å². The zero-order chi connectivity index (χ0) is 15.2. The molecule has 1 saturated carbocycles. The summed E-state index contributed by atoms with van der Waals surface area (Å²) < 4.78 is 5.11. The molecule has 6 heteroatoms. The smallest absolute Gasteiger partial charge is 0.311 e. The van der Waals surface area contributed by atoms with E-state index in [2.05, 4.69) is 5.32 Å². The third-order valence-electron chi connectivity index (χ3n) is 3.16. The van der Waals surface area contributed by atoms with Crippen LogP contribution in [0.3, 0.4) is 0 Å². The molecular weight excluding hydrogens is 272 g/mol. The van der Waals surface area contributed by atoms with Gasteiger partial charge in [-0.2, -0.15) is 0 Å². The van der Waals surface area contributed by atoms with Gasteiger partial charge < -0.3 is 15.8 Å². The topological polar surface area (TPSA) is 98.5 Å². The number of hydrogen-bond acceptors (Lipinski definition) is 4. The van der Waals surface area contributed by atoms with Crippen LogP contribution in [0, 0.1) is 5.92 Å². The lowest BCUT2D eigenvalue weighted by molar-refractivity contribution is -0.134. The Morgan fingerprint density at radius 3 is 2.71 bits per heavy atom. The summed E-state index contributed by atoms with van der Waals surface area (Å²) >= 11 is 0. The molecule has 2 rings (SSSR count). The fourth-order valence-electron chi connectivity index (χ4n) is 1.83. The van der Waals surface area contributed by atoms with Crippen molar-refractivity contribution in [2.75, 3.05) is 6.54 Å². The molecular formula is C15H18N2O4. The Morgan fingerprint density at radius 2 is 2.05 bits per heavy atom. The molecule has 0 atom stereocenters.